The summed E-state index contributed by atoms with van der Waals surface area (Å²) < 4.78 is 1.19. The lowest BCUT2D eigenvalue weighted by molar-refractivity contribution is 0.929. The van der Waals surface area contributed by atoms with Crippen molar-refractivity contribution in [2.75, 3.05) is 23.4 Å². The van der Waals surface area contributed by atoms with Crippen LogP contribution in [0.25, 0.3) is 0 Å². The monoisotopic (exact) mass is 400 g/mol. The van der Waals surface area contributed by atoms with Gasteiger partial charge in [-0.15, -0.1) is 0 Å². The number of nitrogens with one attached hydrogen (secondary N) is 2. The summed E-state index contributed by atoms with van der Waals surface area (Å²) in [7, 11) is 0. The molecular formula is C14H17IN4S. The maximum absolute atomic E-state index is 4.48. The van der Waals surface area contributed by atoms with E-state index in [9.17, 15) is 0 Å². The molecule has 4 nitrogen and oxygen atoms in total. The van der Waals surface area contributed by atoms with Gasteiger partial charge in [-0.1, -0.05) is 24.8 Å². The molecule has 2 rings (SSSR count). The van der Waals surface area contributed by atoms with Crippen LogP contribution in [-0.2, 0) is 0 Å². The summed E-state index contributed by atoms with van der Waals surface area (Å²) in [6, 6.07) is 10.1. The summed E-state index contributed by atoms with van der Waals surface area (Å²) >= 11 is 3.84. The molecule has 0 aliphatic rings. The van der Waals surface area contributed by atoms with Gasteiger partial charge in [-0.05, 0) is 53.5 Å². The van der Waals surface area contributed by atoms with Gasteiger partial charge in [-0.3, -0.25) is 0 Å². The van der Waals surface area contributed by atoms with Crippen LogP contribution in [0.2, 0.25) is 0 Å². The van der Waals surface area contributed by atoms with Gasteiger partial charge in [-0.25, -0.2) is 9.97 Å². The Morgan fingerprint density at radius 1 is 1.20 bits per heavy atom. The fourth-order valence-electron chi connectivity index (χ4n) is 1.64. The van der Waals surface area contributed by atoms with Crippen molar-refractivity contribution in [3.05, 3.63) is 33.9 Å². The van der Waals surface area contributed by atoms with Gasteiger partial charge in [0.15, 0.2) is 5.16 Å². The molecule has 106 valence electrons. The number of nitrogens with zero attached hydrogens (tertiary/aromatic N) is 2. The first-order valence-electron chi connectivity index (χ1n) is 6.41. The van der Waals surface area contributed by atoms with Gasteiger partial charge in [0, 0.05) is 21.9 Å². The van der Waals surface area contributed by atoms with E-state index in [1.807, 2.05) is 24.5 Å². The Morgan fingerprint density at radius 2 is 2.00 bits per heavy atom. The number of hydrogen-bond acceptors (Lipinski definition) is 5. The summed E-state index contributed by atoms with van der Waals surface area (Å²) in [5.41, 5.74) is 1.03. The second kappa shape index (κ2) is 7.68. The summed E-state index contributed by atoms with van der Waals surface area (Å²) in [4.78, 5) is 8.93. The van der Waals surface area contributed by atoms with E-state index in [2.05, 4.69) is 62.2 Å². The van der Waals surface area contributed by atoms with Crippen LogP contribution in [0.1, 0.15) is 13.3 Å². The molecule has 0 atom stereocenters. The van der Waals surface area contributed by atoms with Gasteiger partial charge in [0.25, 0.3) is 0 Å². The Balaban J connectivity index is 2.21. The lowest BCUT2D eigenvalue weighted by Crippen LogP contribution is -2.05. The zero-order chi connectivity index (χ0) is 14.4. The van der Waals surface area contributed by atoms with E-state index < -0.39 is 0 Å². The molecular weight excluding hydrogens is 383 g/mol. The molecule has 0 bridgehead atoms. The number of anilines is 3. The molecule has 0 amide bonds. The Morgan fingerprint density at radius 3 is 2.70 bits per heavy atom. The number of benzene rings is 1. The third-order valence-electron chi connectivity index (χ3n) is 2.54. The smallest absolute Gasteiger partial charge is 0.191 e. The molecule has 20 heavy (non-hydrogen) atoms. The van der Waals surface area contributed by atoms with E-state index in [4.69, 9.17) is 0 Å². The fourth-order valence-corrected chi connectivity index (χ4v) is 2.56. The lowest BCUT2D eigenvalue weighted by atomic mass is 10.3. The number of thioether (sulfide) groups is 1. The minimum absolute atomic E-state index is 0.763. The molecule has 0 saturated carbocycles. The van der Waals surface area contributed by atoms with Crippen LogP contribution >= 0.6 is 34.4 Å². The lowest BCUT2D eigenvalue weighted by Gasteiger charge is -2.10. The van der Waals surface area contributed by atoms with Crippen molar-refractivity contribution in [3.63, 3.8) is 0 Å². The van der Waals surface area contributed by atoms with Crippen molar-refractivity contribution in [1.29, 1.82) is 0 Å². The van der Waals surface area contributed by atoms with Crippen molar-refractivity contribution in [2.24, 2.45) is 0 Å². The zero-order valence-corrected chi connectivity index (χ0v) is 14.5. The third-order valence-corrected chi connectivity index (χ3v) is 3.76. The first-order chi connectivity index (χ1) is 9.71. The van der Waals surface area contributed by atoms with Crippen LogP contribution in [0.5, 0.6) is 0 Å². The van der Waals surface area contributed by atoms with Crippen LogP contribution < -0.4 is 10.6 Å². The average Bonchev–Trinajstić information content (AvgIpc) is 2.45. The SMILES string of the molecule is CCCNc1cc(Nc2cccc(I)c2)nc(SC)n1. The highest BCUT2D eigenvalue weighted by Crippen LogP contribution is 2.21. The third kappa shape index (κ3) is 4.52. The molecule has 6 heteroatoms. The molecule has 1 aromatic carbocycles. The van der Waals surface area contributed by atoms with Crippen LogP contribution in [0.3, 0.4) is 0 Å². The van der Waals surface area contributed by atoms with Crippen LogP contribution in [0, 0.1) is 3.57 Å². The summed E-state index contributed by atoms with van der Waals surface area (Å²) in [5, 5.41) is 7.39. The van der Waals surface area contributed by atoms with Gasteiger partial charge in [-0.2, -0.15) is 0 Å². The first-order valence-corrected chi connectivity index (χ1v) is 8.71. The highest BCUT2D eigenvalue weighted by atomic mass is 127. The molecule has 1 heterocycles. The van der Waals surface area contributed by atoms with E-state index in [-0.39, 0.29) is 0 Å². The van der Waals surface area contributed by atoms with Crippen molar-refractivity contribution >= 4 is 51.7 Å². The van der Waals surface area contributed by atoms with Gasteiger partial charge in [0.05, 0.1) is 0 Å². The highest BCUT2D eigenvalue weighted by molar-refractivity contribution is 14.1. The predicted molar refractivity (Wildman–Crippen MR) is 95.0 cm³/mol. The Labute approximate surface area is 137 Å². The average molecular weight is 400 g/mol. The summed E-state index contributed by atoms with van der Waals surface area (Å²) in [6.07, 6.45) is 3.05. The van der Waals surface area contributed by atoms with Gasteiger partial charge in [0.1, 0.15) is 11.6 Å². The van der Waals surface area contributed by atoms with E-state index in [1.165, 1.54) is 3.57 Å². The van der Waals surface area contributed by atoms with Crippen LogP contribution in [0.4, 0.5) is 17.3 Å². The predicted octanol–water partition coefficient (Wildman–Crippen LogP) is 4.37. The molecule has 0 aliphatic carbocycles. The second-order valence-electron chi connectivity index (χ2n) is 4.19. The molecule has 0 unspecified atom stereocenters. The minimum Gasteiger partial charge on any atom is -0.370 e. The van der Waals surface area contributed by atoms with E-state index in [0.717, 1.165) is 35.4 Å². The van der Waals surface area contributed by atoms with Gasteiger partial charge < -0.3 is 10.6 Å². The van der Waals surface area contributed by atoms with Crippen LogP contribution in [-0.4, -0.2) is 22.8 Å². The summed E-state index contributed by atoms with van der Waals surface area (Å²) in [6.45, 7) is 3.04. The van der Waals surface area contributed by atoms with Crippen LogP contribution in [0.15, 0.2) is 35.5 Å². The number of rotatable bonds is 6. The standard InChI is InChI=1S/C14H17IN4S/c1-3-7-16-12-9-13(19-14(18-12)20-2)17-11-6-4-5-10(15)8-11/h4-6,8-9H,3,7H2,1-2H3,(H2,16,17,18,19). The fraction of sp³-hybridized carbons (Fsp3) is 0.286. The zero-order valence-electron chi connectivity index (χ0n) is 11.5. The van der Waals surface area contributed by atoms with E-state index in [0.29, 0.717) is 0 Å². The Bertz CT molecular complexity index is 577. The molecule has 2 N–H and O–H groups in total. The van der Waals surface area contributed by atoms with Crippen molar-refractivity contribution in [2.45, 2.75) is 18.5 Å². The topological polar surface area (TPSA) is 49.8 Å². The second-order valence-corrected chi connectivity index (χ2v) is 6.21. The van der Waals surface area contributed by atoms with E-state index >= 15 is 0 Å². The maximum Gasteiger partial charge on any atom is 0.191 e. The van der Waals surface area contributed by atoms with Crippen molar-refractivity contribution in [1.82, 2.24) is 9.97 Å². The van der Waals surface area contributed by atoms with E-state index in [1.54, 1.807) is 11.8 Å². The maximum atomic E-state index is 4.48. The molecule has 0 saturated heterocycles. The highest BCUT2D eigenvalue weighted by Gasteiger charge is 2.04. The van der Waals surface area contributed by atoms with Gasteiger partial charge in [0.2, 0.25) is 0 Å². The molecule has 2 aromatic rings. The molecule has 1 aromatic heterocycles. The molecule has 0 spiro atoms. The molecule has 0 fully saturated rings. The first kappa shape index (κ1) is 15.4. The Kier molecular flexibility index (Phi) is 5.90. The largest absolute Gasteiger partial charge is 0.370 e. The normalized spacial score (nSPS) is 10.3. The Hall–Kier alpha value is -1.02. The number of aromatic nitrogens is 2. The minimum atomic E-state index is 0.763. The van der Waals surface area contributed by atoms with Gasteiger partial charge >= 0.3 is 0 Å². The number of hydrogen-bond donors (Lipinski definition) is 2. The molecule has 0 radical (unpaired) electrons. The summed E-state index contributed by atoms with van der Waals surface area (Å²) in [5.74, 6) is 1.67. The quantitative estimate of drug-likeness (QED) is 0.429. The van der Waals surface area contributed by atoms with Crippen molar-refractivity contribution < 1.29 is 0 Å². The van der Waals surface area contributed by atoms with Crippen molar-refractivity contribution in [3.8, 4) is 0 Å². The molecule has 0 aliphatic heterocycles. The number of halogens is 1.